The van der Waals surface area contributed by atoms with Gasteiger partial charge in [0.1, 0.15) is 19.0 Å². The van der Waals surface area contributed by atoms with Crippen molar-refractivity contribution in [2.45, 2.75) is 18.9 Å². The fraction of sp³-hybridized carbons (Fsp3) is 0.375. The Labute approximate surface area is 188 Å². The number of aryl methyl sites for hydroxylation is 1. The molecular formula is C24H30N6O2. The number of likely N-dealkylation sites (tertiary alicyclic amines) is 1. The summed E-state index contributed by atoms with van der Waals surface area (Å²) in [6, 6.07) is 13.6. The molecule has 1 N–H and O–H groups in total. The van der Waals surface area contributed by atoms with Crippen molar-refractivity contribution < 1.29 is 9.47 Å². The van der Waals surface area contributed by atoms with Crippen LogP contribution in [0.15, 0.2) is 66.0 Å². The summed E-state index contributed by atoms with van der Waals surface area (Å²) >= 11 is 0. The summed E-state index contributed by atoms with van der Waals surface area (Å²) < 4.78 is 13.2. The molecule has 0 saturated carbocycles. The highest BCUT2D eigenvalue weighted by Gasteiger charge is 2.26. The van der Waals surface area contributed by atoms with E-state index >= 15 is 0 Å². The van der Waals surface area contributed by atoms with E-state index in [1.54, 1.807) is 0 Å². The predicted octanol–water partition coefficient (Wildman–Crippen LogP) is 2.84. The molecule has 1 saturated heterocycles. The monoisotopic (exact) mass is 434 g/mol. The van der Waals surface area contributed by atoms with Gasteiger partial charge in [0.15, 0.2) is 5.96 Å². The summed E-state index contributed by atoms with van der Waals surface area (Å²) in [5.41, 5.74) is 2.36. The maximum absolute atomic E-state index is 5.67. The molecule has 1 aliphatic rings. The van der Waals surface area contributed by atoms with E-state index < -0.39 is 0 Å². The summed E-state index contributed by atoms with van der Waals surface area (Å²) in [5.74, 6) is 2.83. The highest BCUT2D eigenvalue weighted by molar-refractivity contribution is 5.80. The average Bonchev–Trinajstić information content (AvgIpc) is 3.48. The summed E-state index contributed by atoms with van der Waals surface area (Å²) in [6.45, 7) is 3.50. The van der Waals surface area contributed by atoms with Gasteiger partial charge in [-0.15, -0.1) is 0 Å². The van der Waals surface area contributed by atoms with Crippen LogP contribution in [0.3, 0.4) is 0 Å². The largest absolute Gasteiger partial charge is 0.490 e. The molecule has 3 aromatic rings. The summed E-state index contributed by atoms with van der Waals surface area (Å²) in [5, 5.41) is 7.75. The number of benzene rings is 1. The molecule has 1 unspecified atom stereocenters. The summed E-state index contributed by atoms with van der Waals surface area (Å²) in [7, 11) is 3.78. The highest BCUT2D eigenvalue weighted by atomic mass is 16.5. The Morgan fingerprint density at radius 2 is 1.97 bits per heavy atom. The number of ether oxygens (including phenoxy) is 2. The molecule has 1 fully saturated rings. The Bertz CT molecular complexity index is 1000. The van der Waals surface area contributed by atoms with Crippen LogP contribution in [0.25, 0.3) is 0 Å². The smallest absolute Gasteiger partial charge is 0.213 e. The van der Waals surface area contributed by atoms with Crippen molar-refractivity contribution >= 4 is 5.96 Å². The third-order valence-corrected chi connectivity index (χ3v) is 5.49. The molecule has 0 aliphatic carbocycles. The summed E-state index contributed by atoms with van der Waals surface area (Å²) in [6.07, 6.45) is 7.00. The predicted molar refractivity (Wildman–Crippen MR) is 124 cm³/mol. The zero-order valence-electron chi connectivity index (χ0n) is 18.6. The van der Waals surface area contributed by atoms with Crippen LogP contribution in [-0.4, -0.2) is 59.0 Å². The lowest BCUT2D eigenvalue weighted by atomic mass is 10.0. The quantitative estimate of drug-likeness (QED) is 0.334. The van der Waals surface area contributed by atoms with E-state index in [4.69, 9.17) is 9.47 Å². The molecule has 3 heterocycles. The zero-order valence-corrected chi connectivity index (χ0v) is 18.6. The topological polar surface area (TPSA) is 76.8 Å². The van der Waals surface area contributed by atoms with Crippen LogP contribution >= 0.6 is 0 Å². The number of nitrogens with one attached hydrogen (secondary N) is 1. The molecule has 4 rings (SSSR count). The molecular weight excluding hydrogens is 404 g/mol. The van der Waals surface area contributed by atoms with Crippen molar-refractivity contribution in [2.75, 3.05) is 33.4 Å². The SMILES string of the molecule is CN=C(NCc1ccc(OCCOc2ccccc2)nc1)N1CCC(c2cnn(C)c2)C1. The molecule has 1 aromatic carbocycles. The maximum Gasteiger partial charge on any atom is 0.213 e. The first kappa shape index (κ1) is 21.7. The minimum atomic E-state index is 0.444. The zero-order chi connectivity index (χ0) is 22.2. The third-order valence-electron chi connectivity index (χ3n) is 5.49. The normalized spacial score (nSPS) is 16.2. The number of para-hydroxylation sites is 1. The highest BCUT2D eigenvalue weighted by Crippen LogP contribution is 2.26. The van der Waals surface area contributed by atoms with Crippen LogP contribution in [-0.2, 0) is 13.6 Å². The van der Waals surface area contributed by atoms with Crippen molar-refractivity contribution in [3.05, 3.63) is 72.2 Å². The molecule has 8 nitrogen and oxygen atoms in total. The second kappa shape index (κ2) is 10.7. The van der Waals surface area contributed by atoms with Gasteiger partial charge in [0.05, 0.1) is 6.20 Å². The number of pyridine rings is 1. The molecule has 2 aromatic heterocycles. The molecule has 8 heteroatoms. The maximum atomic E-state index is 5.67. The molecule has 1 aliphatic heterocycles. The van der Waals surface area contributed by atoms with E-state index in [2.05, 4.69) is 31.5 Å². The van der Waals surface area contributed by atoms with E-state index in [1.807, 2.05) is 73.6 Å². The van der Waals surface area contributed by atoms with Gasteiger partial charge >= 0.3 is 0 Å². The molecule has 168 valence electrons. The fourth-order valence-electron chi connectivity index (χ4n) is 3.81. The van der Waals surface area contributed by atoms with E-state index in [-0.39, 0.29) is 0 Å². The lowest BCUT2D eigenvalue weighted by molar-refractivity contribution is 0.212. The van der Waals surface area contributed by atoms with Crippen molar-refractivity contribution in [1.82, 2.24) is 25.0 Å². The number of hydrogen-bond acceptors (Lipinski definition) is 5. The van der Waals surface area contributed by atoms with Gasteiger partial charge in [-0.25, -0.2) is 4.98 Å². The lowest BCUT2D eigenvalue weighted by Crippen LogP contribution is -2.39. The van der Waals surface area contributed by atoms with Crippen LogP contribution < -0.4 is 14.8 Å². The second-order valence-corrected chi connectivity index (χ2v) is 7.79. The third kappa shape index (κ3) is 5.78. The number of aromatic nitrogens is 3. The van der Waals surface area contributed by atoms with Gasteiger partial charge in [0, 0.05) is 58.1 Å². The van der Waals surface area contributed by atoms with Crippen LogP contribution in [0.2, 0.25) is 0 Å². The lowest BCUT2D eigenvalue weighted by Gasteiger charge is -2.21. The molecule has 0 bridgehead atoms. The van der Waals surface area contributed by atoms with Crippen molar-refractivity contribution in [1.29, 1.82) is 0 Å². The molecule has 0 amide bonds. The van der Waals surface area contributed by atoms with Gasteiger partial charge < -0.3 is 19.7 Å². The van der Waals surface area contributed by atoms with Crippen LogP contribution in [0, 0.1) is 0 Å². The van der Waals surface area contributed by atoms with Crippen LogP contribution in [0.5, 0.6) is 11.6 Å². The first-order valence-electron chi connectivity index (χ1n) is 10.9. The number of guanidine groups is 1. The van der Waals surface area contributed by atoms with Crippen molar-refractivity contribution in [3.63, 3.8) is 0 Å². The molecule has 1 atom stereocenters. The van der Waals surface area contributed by atoms with Crippen LogP contribution in [0.4, 0.5) is 0 Å². The van der Waals surface area contributed by atoms with Gasteiger partial charge in [-0.3, -0.25) is 9.67 Å². The van der Waals surface area contributed by atoms with Gasteiger partial charge in [0.2, 0.25) is 5.88 Å². The van der Waals surface area contributed by atoms with E-state index in [9.17, 15) is 0 Å². The number of nitrogens with zero attached hydrogens (tertiary/aromatic N) is 5. The number of hydrogen-bond donors (Lipinski definition) is 1. The van der Waals surface area contributed by atoms with Gasteiger partial charge in [-0.05, 0) is 29.7 Å². The van der Waals surface area contributed by atoms with Crippen molar-refractivity contribution in [3.8, 4) is 11.6 Å². The van der Waals surface area contributed by atoms with E-state index in [0.29, 0.717) is 31.6 Å². The minimum absolute atomic E-state index is 0.444. The minimum Gasteiger partial charge on any atom is -0.490 e. The fourth-order valence-corrected chi connectivity index (χ4v) is 3.81. The van der Waals surface area contributed by atoms with Gasteiger partial charge in [-0.1, -0.05) is 24.3 Å². The Hall–Kier alpha value is -3.55. The Balaban J connectivity index is 1.20. The molecule has 32 heavy (non-hydrogen) atoms. The molecule has 0 spiro atoms. The second-order valence-electron chi connectivity index (χ2n) is 7.79. The first-order chi connectivity index (χ1) is 15.7. The van der Waals surface area contributed by atoms with Crippen molar-refractivity contribution in [2.24, 2.45) is 12.0 Å². The van der Waals surface area contributed by atoms with E-state index in [0.717, 1.165) is 36.8 Å². The van der Waals surface area contributed by atoms with E-state index in [1.165, 1.54) is 5.56 Å². The van der Waals surface area contributed by atoms with Gasteiger partial charge in [-0.2, -0.15) is 5.10 Å². The number of rotatable bonds is 8. The first-order valence-corrected chi connectivity index (χ1v) is 10.9. The van der Waals surface area contributed by atoms with Gasteiger partial charge in [0.25, 0.3) is 0 Å². The number of aliphatic imine (C=N–C) groups is 1. The average molecular weight is 435 g/mol. The molecule has 0 radical (unpaired) electrons. The Morgan fingerprint density at radius 3 is 2.69 bits per heavy atom. The standard InChI is InChI=1S/C24H30N6O2/c1-25-24(30-11-10-20(18-30)21-16-28-29(2)17-21)27-15-19-8-9-23(26-14-19)32-13-12-31-22-6-4-3-5-7-22/h3-9,14,16-17,20H,10-13,15,18H2,1-2H3,(H,25,27). The Kier molecular flexibility index (Phi) is 7.22. The Morgan fingerprint density at radius 1 is 1.12 bits per heavy atom. The van der Waals surface area contributed by atoms with Crippen LogP contribution in [0.1, 0.15) is 23.5 Å². The summed E-state index contributed by atoms with van der Waals surface area (Å²) in [4.78, 5) is 11.2.